The van der Waals surface area contributed by atoms with Crippen LogP contribution in [0.25, 0.3) is 5.82 Å². The molecule has 2 aromatic heterocycles. The van der Waals surface area contributed by atoms with E-state index in [1.165, 1.54) is 17.1 Å². The number of nitriles is 1. The summed E-state index contributed by atoms with van der Waals surface area (Å²) in [6.07, 6.45) is 4.14. The zero-order valence-electron chi connectivity index (χ0n) is 19.2. The van der Waals surface area contributed by atoms with Crippen molar-refractivity contribution in [1.82, 2.24) is 35.0 Å². The number of amides is 1. The molecule has 6 rings (SSSR count). The first-order chi connectivity index (χ1) is 17.5. The summed E-state index contributed by atoms with van der Waals surface area (Å²) in [4.78, 5) is 22.0. The van der Waals surface area contributed by atoms with Gasteiger partial charge in [0, 0.05) is 44.0 Å². The first-order valence-corrected chi connectivity index (χ1v) is 11.8. The van der Waals surface area contributed by atoms with E-state index in [2.05, 4.69) is 25.4 Å². The molecule has 3 atom stereocenters. The van der Waals surface area contributed by atoms with Gasteiger partial charge in [-0.15, -0.1) is 5.10 Å². The minimum absolute atomic E-state index is 0.0147. The lowest BCUT2D eigenvalue weighted by atomic mass is 9.98. The number of rotatable bonds is 3. The third kappa shape index (κ3) is 3.90. The van der Waals surface area contributed by atoms with Crippen LogP contribution in [0.5, 0.6) is 0 Å². The van der Waals surface area contributed by atoms with E-state index in [1.54, 1.807) is 12.3 Å². The maximum Gasteiger partial charge on any atom is 0.230 e. The standard InChI is InChI=1S/C24H22F2N8O2/c25-20-7-21(26)18(5-15(20)8-27)22-11-32-3-4-33(10-16(32)12-36-22)24(35)17-2-1-14-6-23(28-9-19(14)17)34-13-29-30-31-34/h5-7,9,13,16-17,22H,1-4,10-12H2. The SMILES string of the molecule is N#Cc1cc(C2CN3CCN(C(=O)C4CCc5cc(-n6cnnn6)ncc54)CC3CO2)c(F)cc1F. The van der Waals surface area contributed by atoms with Crippen LogP contribution in [0.15, 0.2) is 30.7 Å². The van der Waals surface area contributed by atoms with Gasteiger partial charge >= 0.3 is 0 Å². The largest absolute Gasteiger partial charge is 0.370 e. The van der Waals surface area contributed by atoms with E-state index < -0.39 is 17.7 Å². The average Bonchev–Trinajstić information content (AvgIpc) is 3.58. The number of benzene rings is 1. The number of hydrogen-bond donors (Lipinski definition) is 0. The van der Waals surface area contributed by atoms with E-state index in [9.17, 15) is 13.6 Å². The Hall–Kier alpha value is -3.82. The van der Waals surface area contributed by atoms with E-state index in [4.69, 9.17) is 10.00 Å². The lowest BCUT2D eigenvalue weighted by molar-refractivity contribution is -0.141. The van der Waals surface area contributed by atoms with Crippen LogP contribution in [-0.2, 0) is 16.0 Å². The highest BCUT2D eigenvalue weighted by Crippen LogP contribution is 2.36. The molecule has 184 valence electrons. The van der Waals surface area contributed by atoms with E-state index >= 15 is 0 Å². The van der Waals surface area contributed by atoms with E-state index in [0.717, 1.165) is 30.0 Å². The number of carbonyl (C=O) groups is 1. The van der Waals surface area contributed by atoms with Gasteiger partial charge in [-0.3, -0.25) is 9.69 Å². The second-order valence-electron chi connectivity index (χ2n) is 9.31. The van der Waals surface area contributed by atoms with Crippen molar-refractivity contribution < 1.29 is 18.3 Å². The number of morpholine rings is 1. The molecular weight excluding hydrogens is 470 g/mol. The zero-order valence-corrected chi connectivity index (χ0v) is 19.2. The highest BCUT2D eigenvalue weighted by atomic mass is 19.1. The molecule has 10 nitrogen and oxygen atoms in total. The van der Waals surface area contributed by atoms with Crippen molar-refractivity contribution in [2.75, 3.05) is 32.8 Å². The fraction of sp³-hybridized carbons (Fsp3) is 0.417. The molecule has 0 saturated carbocycles. The molecule has 3 unspecified atom stereocenters. The third-order valence-corrected chi connectivity index (χ3v) is 7.33. The first kappa shape index (κ1) is 22.6. The molecule has 2 aliphatic heterocycles. The maximum absolute atomic E-state index is 14.4. The normalized spacial score (nSPS) is 23.7. The number of carbonyl (C=O) groups excluding carboxylic acids is 1. The quantitative estimate of drug-likeness (QED) is 0.541. The molecule has 2 fully saturated rings. The summed E-state index contributed by atoms with van der Waals surface area (Å²) in [5.74, 6) is -1.14. The lowest BCUT2D eigenvalue weighted by Crippen LogP contribution is -2.60. The Balaban J connectivity index is 1.12. The minimum Gasteiger partial charge on any atom is -0.370 e. The lowest BCUT2D eigenvalue weighted by Gasteiger charge is -2.46. The predicted octanol–water partition coefficient (Wildman–Crippen LogP) is 1.52. The van der Waals surface area contributed by atoms with Gasteiger partial charge in [0.2, 0.25) is 5.91 Å². The maximum atomic E-state index is 14.4. The monoisotopic (exact) mass is 492 g/mol. The highest BCUT2D eigenvalue weighted by Gasteiger charge is 2.39. The minimum atomic E-state index is -0.880. The molecule has 36 heavy (non-hydrogen) atoms. The van der Waals surface area contributed by atoms with Crippen LogP contribution >= 0.6 is 0 Å². The Morgan fingerprint density at radius 1 is 1.14 bits per heavy atom. The molecule has 0 spiro atoms. The van der Waals surface area contributed by atoms with Crippen LogP contribution in [-0.4, -0.2) is 79.7 Å². The number of hydrogen-bond acceptors (Lipinski definition) is 8. The molecule has 12 heteroatoms. The molecule has 3 aromatic rings. The van der Waals surface area contributed by atoms with Gasteiger partial charge in [0.05, 0.1) is 30.2 Å². The summed E-state index contributed by atoms with van der Waals surface area (Å²) in [5.41, 5.74) is 2.00. The van der Waals surface area contributed by atoms with Gasteiger partial charge in [0.1, 0.15) is 24.0 Å². The van der Waals surface area contributed by atoms with Crippen molar-refractivity contribution in [2.24, 2.45) is 0 Å². The summed E-state index contributed by atoms with van der Waals surface area (Å²) >= 11 is 0. The molecular formula is C24H22F2N8O2. The van der Waals surface area contributed by atoms with Crippen molar-refractivity contribution in [2.45, 2.75) is 30.9 Å². The number of ether oxygens (including phenoxy) is 1. The van der Waals surface area contributed by atoms with Gasteiger partial charge in [-0.2, -0.15) is 9.94 Å². The molecule has 1 aromatic carbocycles. The molecule has 0 bridgehead atoms. The molecule has 3 aliphatic rings. The van der Waals surface area contributed by atoms with Gasteiger partial charge in [-0.05, 0) is 46.5 Å². The van der Waals surface area contributed by atoms with Gasteiger partial charge in [0.15, 0.2) is 5.82 Å². The summed E-state index contributed by atoms with van der Waals surface area (Å²) in [5, 5.41) is 20.2. The Bertz CT molecular complexity index is 1360. The van der Waals surface area contributed by atoms with Crippen LogP contribution in [0.4, 0.5) is 8.78 Å². The average molecular weight is 492 g/mol. The fourth-order valence-corrected chi connectivity index (χ4v) is 5.42. The molecule has 2 saturated heterocycles. The molecule has 0 N–H and O–H groups in total. The van der Waals surface area contributed by atoms with Gasteiger partial charge < -0.3 is 9.64 Å². The number of tetrazole rings is 1. The number of aryl methyl sites for hydroxylation is 1. The first-order valence-electron chi connectivity index (χ1n) is 11.8. The third-order valence-electron chi connectivity index (χ3n) is 7.33. The number of fused-ring (bicyclic) bond motifs is 2. The van der Waals surface area contributed by atoms with Crippen LogP contribution in [0.2, 0.25) is 0 Å². The predicted molar refractivity (Wildman–Crippen MR) is 120 cm³/mol. The number of pyridine rings is 1. The summed E-state index contributed by atoms with van der Waals surface area (Å²) in [7, 11) is 0. The number of nitrogens with zero attached hydrogens (tertiary/aromatic N) is 8. The molecule has 4 heterocycles. The summed E-state index contributed by atoms with van der Waals surface area (Å²) in [6, 6.07) is 5.63. The van der Waals surface area contributed by atoms with Gasteiger partial charge in [0.25, 0.3) is 0 Å². The molecule has 1 amide bonds. The Kier molecular flexibility index (Phi) is 5.66. The van der Waals surface area contributed by atoms with E-state index in [1.807, 2.05) is 11.0 Å². The van der Waals surface area contributed by atoms with Crippen molar-refractivity contribution >= 4 is 5.91 Å². The summed E-state index contributed by atoms with van der Waals surface area (Å²) in [6.45, 7) is 2.42. The second kappa shape index (κ2) is 9.00. The van der Waals surface area contributed by atoms with Crippen molar-refractivity contribution in [3.05, 3.63) is 64.6 Å². The fourth-order valence-electron chi connectivity index (χ4n) is 5.42. The molecule has 0 radical (unpaired) electrons. The zero-order chi connectivity index (χ0) is 24.8. The Morgan fingerprint density at radius 3 is 2.83 bits per heavy atom. The van der Waals surface area contributed by atoms with E-state index in [0.29, 0.717) is 38.6 Å². The Morgan fingerprint density at radius 2 is 2.03 bits per heavy atom. The number of aromatic nitrogens is 5. The van der Waals surface area contributed by atoms with Crippen molar-refractivity contribution in [3.8, 4) is 11.9 Å². The van der Waals surface area contributed by atoms with Crippen molar-refractivity contribution in [3.63, 3.8) is 0 Å². The summed E-state index contributed by atoms with van der Waals surface area (Å²) < 4.78 is 35.6. The molecule has 1 aliphatic carbocycles. The number of halogens is 2. The van der Waals surface area contributed by atoms with Gasteiger partial charge in [-0.25, -0.2) is 13.8 Å². The van der Waals surface area contributed by atoms with Crippen LogP contribution in [0, 0.1) is 23.0 Å². The topological polar surface area (TPSA) is 113 Å². The second-order valence-corrected chi connectivity index (χ2v) is 9.31. The van der Waals surface area contributed by atoms with E-state index in [-0.39, 0.29) is 29.0 Å². The highest BCUT2D eigenvalue weighted by molar-refractivity contribution is 5.85. The van der Waals surface area contributed by atoms with Gasteiger partial charge in [-0.1, -0.05) is 0 Å². The smallest absolute Gasteiger partial charge is 0.230 e. The van der Waals surface area contributed by atoms with Crippen LogP contribution in [0.1, 0.15) is 40.7 Å². The van der Waals surface area contributed by atoms with Crippen LogP contribution in [0.3, 0.4) is 0 Å². The van der Waals surface area contributed by atoms with Crippen LogP contribution < -0.4 is 0 Å². The number of piperazine rings is 1. The van der Waals surface area contributed by atoms with Crippen molar-refractivity contribution in [1.29, 1.82) is 5.26 Å². The Labute approximate surface area is 205 Å².